The minimum absolute atomic E-state index is 0.00176. The molecule has 0 amide bonds. The molecule has 1 aliphatic heterocycles. The zero-order chi connectivity index (χ0) is 12.5. The van der Waals surface area contributed by atoms with Gasteiger partial charge < -0.3 is 15.0 Å². The first-order valence-electron chi connectivity index (χ1n) is 5.93. The van der Waals surface area contributed by atoms with Crippen molar-refractivity contribution >= 4 is 5.69 Å². The number of nitrogens with two attached hydrogens (primary N) is 1. The van der Waals surface area contributed by atoms with E-state index in [2.05, 4.69) is 6.07 Å². The number of aromatic nitrogens is 1. The maximum Gasteiger partial charge on any atom is 0.273 e. The van der Waals surface area contributed by atoms with Crippen molar-refractivity contribution in [2.24, 2.45) is 0 Å². The van der Waals surface area contributed by atoms with Gasteiger partial charge in [0.2, 0.25) is 0 Å². The Kier molecular flexibility index (Phi) is 2.55. The van der Waals surface area contributed by atoms with E-state index in [1.807, 2.05) is 18.2 Å². The molecule has 0 radical (unpaired) electrons. The predicted octanol–water partition coefficient (Wildman–Crippen LogP) is 1.43. The van der Waals surface area contributed by atoms with Gasteiger partial charge in [-0.2, -0.15) is 0 Å². The second kappa shape index (κ2) is 4.22. The number of hydrogen-bond acceptors (Lipinski definition) is 3. The lowest BCUT2D eigenvalue weighted by atomic mass is 10.1. The Morgan fingerprint density at radius 1 is 1.28 bits per heavy atom. The van der Waals surface area contributed by atoms with E-state index >= 15 is 0 Å². The molecule has 4 nitrogen and oxygen atoms in total. The average Bonchev–Trinajstić information content (AvgIpc) is 2.77. The summed E-state index contributed by atoms with van der Waals surface area (Å²) < 4.78 is 7.41. The second-order valence-corrected chi connectivity index (χ2v) is 4.47. The average molecular weight is 242 g/mol. The maximum absolute atomic E-state index is 11.8. The van der Waals surface area contributed by atoms with E-state index in [1.54, 1.807) is 22.9 Å². The van der Waals surface area contributed by atoms with Crippen LogP contribution >= 0.6 is 0 Å². The number of benzene rings is 1. The van der Waals surface area contributed by atoms with Crippen LogP contribution in [-0.4, -0.2) is 10.7 Å². The molecule has 1 atom stereocenters. The molecule has 0 saturated carbocycles. The third kappa shape index (κ3) is 1.86. The van der Waals surface area contributed by atoms with E-state index in [0.717, 1.165) is 12.2 Å². The highest BCUT2D eigenvalue weighted by atomic mass is 16.5. The first-order chi connectivity index (χ1) is 8.74. The van der Waals surface area contributed by atoms with Gasteiger partial charge in [-0.15, -0.1) is 0 Å². The molecule has 92 valence electrons. The lowest BCUT2D eigenvalue weighted by molar-refractivity contribution is 0.207. The Hall–Kier alpha value is -2.23. The van der Waals surface area contributed by atoms with E-state index < -0.39 is 0 Å². The summed E-state index contributed by atoms with van der Waals surface area (Å²) in [6.45, 7) is 0.526. The Balaban J connectivity index is 1.80. The van der Waals surface area contributed by atoms with Crippen molar-refractivity contribution in [3.05, 3.63) is 58.5 Å². The standard InChI is InChI=1S/C14H14N2O2/c15-12-5-3-7-16(14(12)17)9-11-8-10-4-1-2-6-13(10)18-11/h1-7,11H,8-9,15H2. The van der Waals surface area contributed by atoms with Crippen LogP contribution in [0.15, 0.2) is 47.4 Å². The van der Waals surface area contributed by atoms with Crippen molar-refractivity contribution < 1.29 is 4.74 Å². The van der Waals surface area contributed by atoms with Crippen LogP contribution in [0.4, 0.5) is 5.69 Å². The van der Waals surface area contributed by atoms with E-state index in [-0.39, 0.29) is 17.4 Å². The van der Waals surface area contributed by atoms with E-state index in [1.165, 1.54) is 5.56 Å². The van der Waals surface area contributed by atoms with Crippen molar-refractivity contribution in [2.45, 2.75) is 19.1 Å². The molecule has 0 saturated heterocycles. The number of rotatable bonds is 2. The zero-order valence-electron chi connectivity index (χ0n) is 9.87. The van der Waals surface area contributed by atoms with Crippen LogP contribution in [-0.2, 0) is 13.0 Å². The van der Waals surface area contributed by atoms with Crippen LogP contribution < -0.4 is 16.0 Å². The van der Waals surface area contributed by atoms with Crippen LogP contribution in [0.3, 0.4) is 0 Å². The van der Waals surface area contributed by atoms with Crippen molar-refractivity contribution in [3.63, 3.8) is 0 Å². The number of pyridine rings is 1. The van der Waals surface area contributed by atoms with Gasteiger partial charge in [-0.1, -0.05) is 18.2 Å². The molecule has 0 spiro atoms. The van der Waals surface area contributed by atoms with Crippen LogP contribution in [0.2, 0.25) is 0 Å². The van der Waals surface area contributed by atoms with Crippen molar-refractivity contribution in [1.82, 2.24) is 4.57 Å². The van der Waals surface area contributed by atoms with Crippen LogP contribution in [0.25, 0.3) is 0 Å². The molecule has 2 N–H and O–H groups in total. The zero-order valence-corrected chi connectivity index (χ0v) is 9.87. The van der Waals surface area contributed by atoms with Gasteiger partial charge in [0, 0.05) is 12.6 Å². The number of hydrogen-bond donors (Lipinski definition) is 1. The SMILES string of the molecule is Nc1cccn(CC2Cc3ccccc3O2)c1=O. The quantitative estimate of drug-likeness (QED) is 0.866. The van der Waals surface area contributed by atoms with Gasteiger partial charge in [-0.3, -0.25) is 4.79 Å². The number of anilines is 1. The third-order valence-corrected chi connectivity index (χ3v) is 3.16. The lowest BCUT2D eigenvalue weighted by Crippen LogP contribution is -2.29. The molecule has 2 heterocycles. The summed E-state index contributed by atoms with van der Waals surface area (Å²) in [5.41, 5.74) is 6.91. The Morgan fingerprint density at radius 3 is 2.94 bits per heavy atom. The molecule has 0 aliphatic carbocycles. The molecule has 0 fully saturated rings. The summed E-state index contributed by atoms with van der Waals surface area (Å²) in [5.74, 6) is 0.916. The molecule has 1 aromatic heterocycles. The number of ether oxygens (including phenoxy) is 1. The van der Waals surface area contributed by atoms with Crippen molar-refractivity contribution in [3.8, 4) is 5.75 Å². The minimum Gasteiger partial charge on any atom is -0.488 e. The maximum atomic E-state index is 11.8. The molecular formula is C14H14N2O2. The highest BCUT2D eigenvalue weighted by Gasteiger charge is 2.22. The van der Waals surface area contributed by atoms with E-state index in [9.17, 15) is 4.79 Å². The van der Waals surface area contributed by atoms with Crippen LogP contribution in [0.5, 0.6) is 5.75 Å². The van der Waals surface area contributed by atoms with Gasteiger partial charge in [-0.25, -0.2) is 0 Å². The minimum atomic E-state index is -0.156. The molecule has 2 aromatic rings. The molecule has 18 heavy (non-hydrogen) atoms. The van der Waals surface area contributed by atoms with Crippen LogP contribution in [0.1, 0.15) is 5.56 Å². The smallest absolute Gasteiger partial charge is 0.273 e. The highest BCUT2D eigenvalue weighted by molar-refractivity contribution is 5.37. The lowest BCUT2D eigenvalue weighted by Gasteiger charge is -2.12. The first-order valence-corrected chi connectivity index (χ1v) is 5.93. The Labute approximate surface area is 105 Å². The summed E-state index contributed by atoms with van der Waals surface area (Å²) >= 11 is 0. The van der Waals surface area contributed by atoms with E-state index in [4.69, 9.17) is 10.5 Å². The highest BCUT2D eigenvalue weighted by Crippen LogP contribution is 2.28. The van der Waals surface area contributed by atoms with Gasteiger partial charge >= 0.3 is 0 Å². The van der Waals surface area contributed by atoms with E-state index in [0.29, 0.717) is 6.54 Å². The van der Waals surface area contributed by atoms with Gasteiger partial charge in [0.15, 0.2) is 0 Å². The summed E-state index contributed by atoms with van der Waals surface area (Å²) in [7, 11) is 0. The monoisotopic (exact) mass is 242 g/mol. The fourth-order valence-corrected chi connectivity index (χ4v) is 2.27. The first kappa shape index (κ1) is 10.9. The van der Waals surface area contributed by atoms with Gasteiger partial charge in [0.1, 0.15) is 11.9 Å². The molecule has 4 heteroatoms. The summed E-state index contributed by atoms with van der Waals surface area (Å²) in [6, 6.07) is 11.3. The fraction of sp³-hybridized carbons (Fsp3) is 0.214. The molecule has 1 aromatic carbocycles. The number of fused-ring (bicyclic) bond motifs is 1. The second-order valence-electron chi connectivity index (χ2n) is 4.47. The summed E-state index contributed by atoms with van der Waals surface area (Å²) in [5, 5.41) is 0. The summed E-state index contributed by atoms with van der Waals surface area (Å²) in [4.78, 5) is 11.8. The van der Waals surface area contributed by atoms with Crippen molar-refractivity contribution in [1.29, 1.82) is 0 Å². The van der Waals surface area contributed by atoms with Crippen molar-refractivity contribution in [2.75, 3.05) is 5.73 Å². The van der Waals surface area contributed by atoms with Gasteiger partial charge in [0.25, 0.3) is 5.56 Å². The normalized spacial score (nSPS) is 17.2. The molecule has 3 rings (SSSR count). The molecule has 1 unspecified atom stereocenters. The number of para-hydroxylation sites is 1. The predicted molar refractivity (Wildman–Crippen MR) is 69.7 cm³/mol. The Bertz CT molecular complexity index is 609. The third-order valence-electron chi connectivity index (χ3n) is 3.16. The number of nitrogen functional groups attached to an aromatic ring is 1. The molecule has 0 bridgehead atoms. The van der Waals surface area contributed by atoms with Gasteiger partial charge in [0.05, 0.1) is 12.2 Å². The topological polar surface area (TPSA) is 57.2 Å². The molecule has 1 aliphatic rings. The molecular weight excluding hydrogens is 228 g/mol. The Morgan fingerprint density at radius 2 is 2.11 bits per heavy atom. The van der Waals surface area contributed by atoms with Crippen LogP contribution in [0, 0.1) is 0 Å². The summed E-state index contributed by atoms with van der Waals surface area (Å²) in [6.07, 6.45) is 2.57. The fourth-order valence-electron chi connectivity index (χ4n) is 2.27. The van der Waals surface area contributed by atoms with Gasteiger partial charge in [-0.05, 0) is 23.8 Å². The number of nitrogens with zero attached hydrogens (tertiary/aromatic N) is 1. The largest absolute Gasteiger partial charge is 0.488 e.